The predicted molar refractivity (Wildman–Crippen MR) is 129 cm³/mol. The summed E-state index contributed by atoms with van der Waals surface area (Å²) in [6.07, 6.45) is 4.22. The zero-order chi connectivity index (χ0) is 22.6. The summed E-state index contributed by atoms with van der Waals surface area (Å²) in [5, 5.41) is 3.58. The number of benzene rings is 1. The lowest BCUT2D eigenvalue weighted by Crippen LogP contribution is -2.46. The molecular formula is C24H41N3O3S. The van der Waals surface area contributed by atoms with Crippen LogP contribution in [0.4, 0.5) is 11.4 Å². The molecule has 0 spiro atoms. The van der Waals surface area contributed by atoms with Crippen molar-refractivity contribution in [1.29, 1.82) is 0 Å². The summed E-state index contributed by atoms with van der Waals surface area (Å²) in [5.41, 5.74) is 2.40. The van der Waals surface area contributed by atoms with Crippen LogP contribution < -0.4 is 14.9 Å². The number of ether oxygens (including phenoxy) is 1. The van der Waals surface area contributed by atoms with Gasteiger partial charge >= 0.3 is 0 Å². The van der Waals surface area contributed by atoms with Gasteiger partial charge in [0.15, 0.2) is 0 Å². The molecule has 1 saturated heterocycles. The molecule has 6 nitrogen and oxygen atoms in total. The van der Waals surface area contributed by atoms with Crippen LogP contribution in [0, 0.1) is 11.8 Å². The summed E-state index contributed by atoms with van der Waals surface area (Å²) in [4.78, 5) is 2.41. The van der Waals surface area contributed by atoms with Gasteiger partial charge in [-0.2, -0.15) is 0 Å². The van der Waals surface area contributed by atoms with Gasteiger partial charge in [-0.05, 0) is 82.6 Å². The molecule has 2 N–H and O–H groups in total. The maximum atomic E-state index is 12.4. The lowest BCUT2D eigenvalue weighted by molar-refractivity contribution is 0.0114. The van der Waals surface area contributed by atoms with Crippen LogP contribution in [0.5, 0.6) is 0 Å². The zero-order valence-corrected chi connectivity index (χ0v) is 20.7. The second-order valence-corrected chi connectivity index (χ2v) is 12.9. The van der Waals surface area contributed by atoms with Crippen molar-refractivity contribution < 1.29 is 13.2 Å². The van der Waals surface area contributed by atoms with E-state index in [0.717, 1.165) is 57.6 Å². The number of hydrogen-bond donors (Lipinski definition) is 2. The molecule has 2 fully saturated rings. The van der Waals surface area contributed by atoms with Crippen molar-refractivity contribution in [3.63, 3.8) is 0 Å². The summed E-state index contributed by atoms with van der Waals surface area (Å²) in [5.74, 6) is 1.11. The third-order valence-corrected chi connectivity index (χ3v) is 8.90. The maximum Gasteiger partial charge on any atom is 0.216 e. The smallest absolute Gasteiger partial charge is 0.216 e. The number of sulfonamides is 1. The molecule has 2 aliphatic rings. The molecule has 0 aromatic heterocycles. The molecule has 1 heterocycles. The number of hydrogen-bond acceptors (Lipinski definition) is 5. The molecule has 7 heteroatoms. The first kappa shape index (κ1) is 24.3. The Morgan fingerprint density at radius 1 is 1.10 bits per heavy atom. The SMILES string of the molecule is CC(C)C1CN(c2ccc(NCC3CCC(NS(=O)(=O)C(C)(C)C)CC3)cc2)CCO1. The van der Waals surface area contributed by atoms with Gasteiger partial charge in [-0.3, -0.25) is 0 Å². The molecule has 0 bridgehead atoms. The zero-order valence-electron chi connectivity index (χ0n) is 19.9. The Hall–Kier alpha value is -1.31. The molecule has 1 saturated carbocycles. The van der Waals surface area contributed by atoms with Crippen LogP contribution in [0.3, 0.4) is 0 Å². The highest BCUT2D eigenvalue weighted by Crippen LogP contribution is 2.27. The van der Waals surface area contributed by atoms with Crippen molar-refractivity contribution in [2.24, 2.45) is 11.8 Å². The first-order chi connectivity index (χ1) is 14.5. The van der Waals surface area contributed by atoms with Crippen LogP contribution in [0.2, 0.25) is 0 Å². The van der Waals surface area contributed by atoms with Crippen LogP contribution in [0.25, 0.3) is 0 Å². The van der Waals surface area contributed by atoms with Crippen molar-refractivity contribution in [3.8, 4) is 0 Å². The van der Waals surface area contributed by atoms with Crippen molar-refractivity contribution in [1.82, 2.24) is 4.72 Å². The maximum absolute atomic E-state index is 12.4. The van der Waals surface area contributed by atoms with Crippen molar-refractivity contribution >= 4 is 21.4 Å². The van der Waals surface area contributed by atoms with Gasteiger partial charge in [0.2, 0.25) is 10.0 Å². The first-order valence-corrected chi connectivity index (χ1v) is 13.3. The van der Waals surface area contributed by atoms with Gasteiger partial charge in [-0.15, -0.1) is 0 Å². The Morgan fingerprint density at radius 3 is 2.32 bits per heavy atom. The van der Waals surface area contributed by atoms with Crippen molar-refractivity contribution in [2.75, 3.05) is 36.5 Å². The number of nitrogens with one attached hydrogen (secondary N) is 2. The van der Waals surface area contributed by atoms with Gasteiger partial charge in [0.1, 0.15) is 0 Å². The van der Waals surface area contributed by atoms with Crippen LogP contribution in [-0.4, -0.2) is 51.6 Å². The molecule has 31 heavy (non-hydrogen) atoms. The molecular weight excluding hydrogens is 410 g/mol. The van der Waals surface area contributed by atoms with E-state index in [0.29, 0.717) is 17.9 Å². The van der Waals surface area contributed by atoms with Crippen molar-refractivity contribution in [2.45, 2.75) is 77.2 Å². The summed E-state index contributed by atoms with van der Waals surface area (Å²) >= 11 is 0. The quantitative estimate of drug-likeness (QED) is 0.649. The molecule has 0 radical (unpaired) electrons. The summed E-state index contributed by atoms with van der Waals surface area (Å²) in [7, 11) is -3.27. The van der Waals surface area contributed by atoms with E-state index >= 15 is 0 Å². The van der Waals surface area contributed by atoms with Gasteiger partial charge in [-0.25, -0.2) is 13.1 Å². The molecule has 3 rings (SSSR count). The van der Waals surface area contributed by atoms with Crippen LogP contribution in [0.1, 0.15) is 60.3 Å². The number of anilines is 2. The van der Waals surface area contributed by atoms with E-state index in [-0.39, 0.29) is 6.04 Å². The fourth-order valence-corrected chi connectivity index (χ4v) is 5.27. The van der Waals surface area contributed by atoms with Gasteiger partial charge in [0, 0.05) is 37.1 Å². The molecule has 1 atom stereocenters. The minimum absolute atomic E-state index is 0.0722. The highest BCUT2D eigenvalue weighted by molar-refractivity contribution is 7.90. The fourth-order valence-electron chi connectivity index (χ4n) is 4.25. The normalized spacial score (nSPS) is 25.6. The van der Waals surface area contributed by atoms with Gasteiger partial charge in [0.05, 0.1) is 17.5 Å². The van der Waals surface area contributed by atoms with E-state index in [9.17, 15) is 8.42 Å². The number of nitrogens with zero attached hydrogens (tertiary/aromatic N) is 1. The van der Waals surface area contributed by atoms with E-state index in [4.69, 9.17) is 4.74 Å². The van der Waals surface area contributed by atoms with Gasteiger partial charge in [0.25, 0.3) is 0 Å². The summed E-state index contributed by atoms with van der Waals surface area (Å²) in [6, 6.07) is 8.80. The van der Waals surface area contributed by atoms with E-state index in [1.54, 1.807) is 20.8 Å². The summed E-state index contributed by atoms with van der Waals surface area (Å²) < 4.78 is 32.8. The second kappa shape index (κ2) is 10.1. The fraction of sp³-hybridized carbons (Fsp3) is 0.750. The van der Waals surface area contributed by atoms with E-state index in [2.05, 4.69) is 53.1 Å². The Kier molecular flexibility index (Phi) is 7.92. The molecule has 1 aromatic carbocycles. The lowest BCUT2D eigenvalue weighted by atomic mass is 9.86. The van der Waals surface area contributed by atoms with E-state index < -0.39 is 14.8 Å². The van der Waals surface area contributed by atoms with Gasteiger partial charge in [-0.1, -0.05) is 13.8 Å². The Balaban J connectivity index is 1.43. The molecule has 1 aromatic rings. The monoisotopic (exact) mass is 451 g/mol. The minimum Gasteiger partial charge on any atom is -0.385 e. The molecule has 1 unspecified atom stereocenters. The van der Waals surface area contributed by atoms with Crippen LogP contribution >= 0.6 is 0 Å². The summed E-state index contributed by atoms with van der Waals surface area (Å²) in [6.45, 7) is 13.3. The molecule has 1 aliphatic heterocycles. The van der Waals surface area contributed by atoms with E-state index in [1.807, 2.05) is 0 Å². The highest BCUT2D eigenvalue weighted by Gasteiger charge is 2.32. The Labute approximate surface area is 189 Å². The largest absolute Gasteiger partial charge is 0.385 e. The molecule has 176 valence electrons. The predicted octanol–water partition coefficient (Wildman–Crippen LogP) is 4.24. The van der Waals surface area contributed by atoms with Crippen molar-refractivity contribution in [3.05, 3.63) is 24.3 Å². The molecule has 1 aliphatic carbocycles. The van der Waals surface area contributed by atoms with Gasteiger partial charge < -0.3 is 15.0 Å². The highest BCUT2D eigenvalue weighted by atomic mass is 32.2. The molecule has 0 amide bonds. The topological polar surface area (TPSA) is 70.7 Å². The lowest BCUT2D eigenvalue weighted by Gasteiger charge is -2.36. The minimum atomic E-state index is -3.27. The number of rotatable bonds is 7. The van der Waals surface area contributed by atoms with E-state index in [1.165, 1.54) is 5.69 Å². The third-order valence-electron chi connectivity index (χ3n) is 6.64. The number of morpholine rings is 1. The third kappa shape index (κ3) is 6.59. The Morgan fingerprint density at radius 2 is 1.74 bits per heavy atom. The average Bonchev–Trinajstić information content (AvgIpc) is 2.73. The van der Waals surface area contributed by atoms with Crippen LogP contribution in [0.15, 0.2) is 24.3 Å². The Bertz CT molecular complexity index is 794. The first-order valence-electron chi connectivity index (χ1n) is 11.8. The standard InChI is InChI=1S/C24H41N3O3S/c1-18(2)23-17-27(14-15-30-23)22-12-10-20(11-13-22)25-16-19-6-8-21(9-7-19)26-31(28,29)24(3,4)5/h10-13,18-19,21,23,25-26H,6-9,14-17H2,1-5H3. The van der Waals surface area contributed by atoms with Crippen LogP contribution in [-0.2, 0) is 14.8 Å². The second-order valence-electron chi connectivity index (χ2n) is 10.5. The average molecular weight is 452 g/mol.